The van der Waals surface area contributed by atoms with E-state index >= 15 is 0 Å². The monoisotopic (exact) mass is 275 g/mol. The fraction of sp³-hybridized carbons (Fsp3) is 0.500. The number of imidazole rings is 1. The Morgan fingerprint density at radius 2 is 2.20 bits per heavy atom. The summed E-state index contributed by atoms with van der Waals surface area (Å²) in [5, 5.41) is 3.30. The van der Waals surface area contributed by atoms with Gasteiger partial charge >= 0.3 is 0 Å². The molecule has 2 rings (SSSR count). The van der Waals surface area contributed by atoms with Gasteiger partial charge in [0.2, 0.25) is 5.95 Å². The van der Waals surface area contributed by atoms with Gasteiger partial charge in [0.15, 0.2) is 0 Å². The Kier molecular flexibility index (Phi) is 5.49. The highest BCUT2D eigenvalue weighted by molar-refractivity contribution is 5.26. The molecule has 2 aromatic heterocycles. The van der Waals surface area contributed by atoms with E-state index in [0.717, 1.165) is 43.6 Å². The number of aromatic nitrogens is 4. The summed E-state index contributed by atoms with van der Waals surface area (Å²) in [6.07, 6.45) is 6.52. The minimum Gasteiger partial charge on any atom is -0.382 e. The Labute approximate surface area is 119 Å². The lowest BCUT2D eigenvalue weighted by molar-refractivity contribution is 0.142. The lowest BCUT2D eigenvalue weighted by Gasteiger charge is -2.09. The molecule has 2 aromatic rings. The molecule has 0 saturated heterocycles. The van der Waals surface area contributed by atoms with E-state index in [1.54, 1.807) is 12.4 Å². The van der Waals surface area contributed by atoms with E-state index in [1.807, 2.05) is 26.1 Å². The van der Waals surface area contributed by atoms with Crippen LogP contribution in [0.15, 0.2) is 24.7 Å². The molecule has 0 bridgehead atoms. The van der Waals surface area contributed by atoms with Crippen LogP contribution in [0, 0.1) is 6.92 Å². The van der Waals surface area contributed by atoms with Crippen molar-refractivity contribution < 1.29 is 4.74 Å². The summed E-state index contributed by atoms with van der Waals surface area (Å²) >= 11 is 0. The van der Waals surface area contributed by atoms with Crippen LogP contribution in [0.2, 0.25) is 0 Å². The maximum absolute atomic E-state index is 5.34. The standard InChI is InChI=1S/C14H21N5O/c1-3-20-10-4-8-19-9-7-16-14(19)17-11-13-5-6-15-12(2)18-13/h5-7,9H,3-4,8,10-11H2,1-2H3,(H,16,17). The highest BCUT2D eigenvalue weighted by Gasteiger charge is 2.03. The lowest BCUT2D eigenvalue weighted by atomic mass is 10.4. The van der Waals surface area contributed by atoms with Gasteiger partial charge < -0.3 is 14.6 Å². The molecule has 0 aliphatic carbocycles. The quantitative estimate of drug-likeness (QED) is 0.747. The molecule has 20 heavy (non-hydrogen) atoms. The second-order valence-electron chi connectivity index (χ2n) is 4.44. The van der Waals surface area contributed by atoms with Crippen LogP contribution in [0.5, 0.6) is 0 Å². The van der Waals surface area contributed by atoms with Crippen LogP contribution in [-0.4, -0.2) is 32.7 Å². The van der Waals surface area contributed by atoms with Crippen molar-refractivity contribution in [1.82, 2.24) is 19.5 Å². The van der Waals surface area contributed by atoms with Crippen LogP contribution in [0.25, 0.3) is 0 Å². The molecule has 0 radical (unpaired) electrons. The first kappa shape index (κ1) is 14.5. The van der Waals surface area contributed by atoms with Crippen molar-refractivity contribution in [2.75, 3.05) is 18.5 Å². The van der Waals surface area contributed by atoms with Crippen molar-refractivity contribution in [1.29, 1.82) is 0 Å². The first-order valence-corrected chi connectivity index (χ1v) is 6.91. The van der Waals surface area contributed by atoms with Gasteiger partial charge in [0, 0.05) is 38.3 Å². The molecule has 2 heterocycles. The molecule has 0 spiro atoms. The number of anilines is 1. The lowest BCUT2D eigenvalue weighted by Crippen LogP contribution is -2.10. The summed E-state index contributed by atoms with van der Waals surface area (Å²) in [6, 6.07) is 1.91. The van der Waals surface area contributed by atoms with Crippen molar-refractivity contribution in [2.24, 2.45) is 0 Å². The Hall–Kier alpha value is -1.95. The van der Waals surface area contributed by atoms with E-state index in [9.17, 15) is 0 Å². The third-order valence-corrected chi connectivity index (χ3v) is 2.87. The number of rotatable bonds is 8. The van der Waals surface area contributed by atoms with Gasteiger partial charge in [0.1, 0.15) is 5.82 Å². The average Bonchev–Trinajstić information content (AvgIpc) is 2.89. The summed E-state index contributed by atoms with van der Waals surface area (Å²) < 4.78 is 7.43. The van der Waals surface area contributed by atoms with Crippen molar-refractivity contribution in [3.05, 3.63) is 36.2 Å². The second kappa shape index (κ2) is 7.59. The first-order chi connectivity index (χ1) is 9.79. The molecule has 0 saturated carbocycles. The molecule has 6 nitrogen and oxygen atoms in total. The largest absolute Gasteiger partial charge is 0.382 e. The zero-order valence-electron chi connectivity index (χ0n) is 12.0. The summed E-state index contributed by atoms with van der Waals surface area (Å²) in [6.45, 7) is 6.98. The number of nitrogens with one attached hydrogen (secondary N) is 1. The summed E-state index contributed by atoms with van der Waals surface area (Å²) in [7, 11) is 0. The molecule has 1 N–H and O–H groups in total. The molecular formula is C14H21N5O. The first-order valence-electron chi connectivity index (χ1n) is 6.91. The Morgan fingerprint density at radius 3 is 3.00 bits per heavy atom. The Balaban J connectivity index is 1.85. The third kappa shape index (κ3) is 4.31. The van der Waals surface area contributed by atoms with Crippen LogP contribution in [0.4, 0.5) is 5.95 Å². The molecule has 0 aliphatic heterocycles. The summed E-state index contributed by atoms with van der Waals surface area (Å²) in [5.74, 6) is 1.64. The number of nitrogens with zero attached hydrogens (tertiary/aromatic N) is 4. The predicted molar refractivity (Wildman–Crippen MR) is 77.4 cm³/mol. The van der Waals surface area contributed by atoms with E-state index in [-0.39, 0.29) is 0 Å². The summed E-state index contributed by atoms with van der Waals surface area (Å²) in [4.78, 5) is 12.8. The molecule has 108 valence electrons. The van der Waals surface area contributed by atoms with Gasteiger partial charge in [-0.3, -0.25) is 0 Å². The van der Waals surface area contributed by atoms with E-state index in [0.29, 0.717) is 6.54 Å². The maximum Gasteiger partial charge on any atom is 0.203 e. The van der Waals surface area contributed by atoms with Gasteiger partial charge in [-0.2, -0.15) is 0 Å². The van der Waals surface area contributed by atoms with Gasteiger partial charge in [-0.15, -0.1) is 0 Å². The Morgan fingerprint density at radius 1 is 1.30 bits per heavy atom. The van der Waals surface area contributed by atoms with Crippen LogP contribution in [0.3, 0.4) is 0 Å². The predicted octanol–water partition coefficient (Wildman–Crippen LogP) is 2.02. The van der Waals surface area contributed by atoms with Crippen LogP contribution in [0.1, 0.15) is 24.9 Å². The molecule has 0 aromatic carbocycles. The summed E-state index contributed by atoms with van der Waals surface area (Å²) in [5.41, 5.74) is 0.960. The van der Waals surface area contributed by atoms with Crippen molar-refractivity contribution in [3.63, 3.8) is 0 Å². The van der Waals surface area contributed by atoms with Crippen LogP contribution >= 0.6 is 0 Å². The molecular weight excluding hydrogens is 254 g/mol. The molecule has 0 unspecified atom stereocenters. The molecule has 0 atom stereocenters. The van der Waals surface area contributed by atoms with Gasteiger partial charge in [-0.1, -0.05) is 0 Å². The highest BCUT2D eigenvalue weighted by Crippen LogP contribution is 2.07. The van der Waals surface area contributed by atoms with E-state index in [1.165, 1.54) is 0 Å². The third-order valence-electron chi connectivity index (χ3n) is 2.87. The minimum absolute atomic E-state index is 0.645. The van der Waals surface area contributed by atoms with Crippen molar-refractivity contribution >= 4 is 5.95 Å². The zero-order chi connectivity index (χ0) is 14.2. The number of ether oxygens (including phenoxy) is 1. The van der Waals surface area contributed by atoms with Gasteiger partial charge in [-0.25, -0.2) is 15.0 Å². The van der Waals surface area contributed by atoms with E-state index in [4.69, 9.17) is 4.74 Å². The van der Waals surface area contributed by atoms with Crippen molar-refractivity contribution in [2.45, 2.75) is 33.4 Å². The second-order valence-corrected chi connectivity index (χ2v) is 4.44. The van der Waals surface area contributed by atoms with E-state index < -0.39 is 0 Å². The van der Waals surface area contributed by atoms with Crippen molar-refractivity contribution in [3.8, 4) is 0 Å². The van der Waals surface area contributed by atoms with Crippen LogP contribution in [-0.2, 0) is 17.8 Å². The molecule has 0 aliphatic rings. The fourth-order valence-electron chi connectivity index (χ4n) is 1.91. The van der Waals surface area contributed by atoms with Gasteiger partial charge in [0.25, 0.3) is 0 Å². The fourth-order valence-corrected chi connectivity index (χ4v) is 1.91. The smallest absolute Gasteiger partial charge is 0.203 e. The van der Waals surface area contributed by atoms with Gasteiger partial charge in [0.05, 0.1) is 12.2 Å². The minimum atomic E-state index is 0.645. The highest BCUT2D eigenvalue weighted by atomic mass is 16.5. The maximum atomic E-state index is 5.34. The van der Waals surface area contributed by atoms with Crippen LogP contribution < -0.4 is 5.32 Å². The average molecular weight is 275 g/mol. The molecule has 0 amide bonds. The zero-order valence-corrected chi connectivity index (χ0v) is 12.0. The molecule has 0 fully saturated rings. The SMILES string of the molecule is CCOCCCn1ccnc1NCc1ccnc(C)n1. The normalized spacial score (nSPS) is 10.7. The topological polar surface area (TPSA) is 64.9 Å². The number of aryl methyl sites for hydroxylation is 2. The van der Waals surface area contributed by atoms with E-state index in [2.05, 4.69) is 24.8 Å². The number of hydrogen-bond donors (Lipinski definition) is 1. The number of hydrogen-bond acceptors (Lipinski definition) is 5. The molecule has 6 heteroatoms. The van der Waals surface area contributed by atoms with Gasteiger partial charge in [-0.05, 0) is 26.3 Å². The Bertz CT molecular complexity index is 526.